The second kappa shape index (κ2) is 5.97. The Morgan fingerprint density at radius 1 is 1.10 bits per heavy atom. The third-order valence-electron chi connectivity index (χ3n) is 2.89. The summed E-state index contributed by atoms with van der Waals surface area (Å²) in [4.78, 5) is 12.0. The summed E-state index contributed by atoms with van der Waals surface area (Å²) < 4.78 is 37.3. The minimum Gasteiger partial charge on any atom is -0.326 e. The molecule has 0 heterocycles. The van der Waals surface area contributed by atoms with Gasteiger partial charge in [-0.3, -0.25) is 4.79 Å². The molecule has 3 nitrogen and oxygen atoms in total. The standard InChI is InChI=1S/C15H13F3N2O/c16-15(17,18)12-6-4-11(5-7-12)14(21)20-13-3-1-2-10(8-13)9-19/h1-8H,9,19H2,(H,20,21). The summed E-state index contributed by atoms with van der Waals surface area (Å²) in [6.07, 6.45) is -4.41. The van der Waals surface area contributed by atoms with Crippen LogP contribution >= 0.6 is 0 Å². The number of nitrogens with two attached hydrogens (primary N) is 1. The number of anilines is 1. The fraction of sp³-hybridized carbons (Fsp3) is 0.133. The van der Waals surface area contributed by atoms with E-state index >= 15 is 0 Å². The molecule has 2 aromatic rings. The van der Waals surface area contributed by atoms with Crippen molar-refractivity contribution >= 4 is 11.6 Å². The van der Waals surface area contributed by atoms with Gasteiger partial charge < -0.3 is 11.1 Å². The predicted molar refractivity (Wildman–Crippen MR) is 73.7 cm³/mol. The lowest BCUT2D eigenvalue weighted by Crippen LogP contribution is -2.13. The van der Waals surface area contributed by atoms with Crippen molar-refractivity contribution in [1.82, 2.24) is 0 Å². The number of carbonyl (C=O) groups excluding carboxylic acids is 1. The number of halogens is 3. The average molecular weight is 294 g/mol. The molecule has 110 valence electrons. The van der Waals surface area contributed by atoms with Gasteiger partial charge in [-0.1, -0.05) is 12.1 Å². The molecule has 0 saturated carbocycles. The maximum Gasteiger partial charge on any atom is 0.416 e. The van der Waals surface area contributed by atoms with Crippen LogP contribution in [0.4, 0.5) is 18.9 Å². The number of rotatable bonds is 3. The number of amides is 1. The molecule has 0 unspecified atom stereocenters. The molecule has 1 amide bonds. The molecule has 2 rings (SSSR count). The molecule has 21 heavy (non-hydrogen) atoms. The van der Waals surface area contributed by atoms with E-state index in [4.69, 9.17) is 5.73 Å². The zero-order valence-corrected chi connectivity index (χ0v) is 10.9. The molecule has 0 bridgehead atoms. The van der Waals surface area contributed by atoms with E-state index in [0.717, 1.165) is 29.8 Å². The van der Waals surface area contributed by atoms with Crippen LogP contribution in [0.15, 0.2) is 48.5 Å². The van der Waals surface area contributed by atoms with Gasteiger partial charge in [-0.15, -0.1) is 0 Å². The molecule has 2 aromatic carbocycles. The van der Waals surface area contributed by atoms with Crippen LogP contribution in [-0.4, -0.2) is 5.91 Å². The van der Waals surface area contributed by atoms with Gasteiger partial charge in [-0.25, -0.2) is 0 Å². The summed E-state index contributed by atoms with van der Waals surface area (Å²) in [5.74, 6) is -0.474. The first-order valence-electron chi connectivity index (χ1n) is 6.18. The highest BCUT2D eigenvalue weighted by Gasteiger charge is 2.30. The maximum absolute atomic E-state index is 12.4. The van der Waals surface area contributed by atoms with E-state index < -0.39 is 17.6 Å². The fourth-order valence-corrected chi connectivity index (χ4v) is 1.79. The van der Waals surface area contributed by atoms with Gasteiger partial charge in [0, 0.05) is 17.8 Å². The molecule has 0 aliphatic rings. The number of alkyl halides is 3. The molecule has 0 atom stereocenters. The maximum atomic E-state index is 12.4. The minimum atomic E-state index is -4.41. The van der Waals surface area contributed by atoms with Crippen LogP contribution in [0.3, 0.4) is 0 Å². The Bertz CT molecular complexity index is 636. The Balaban J connectivity index is 2.13. The van der Waals surface area contributed by atoms with Crippen LogP contribution in [0.1, 0.15) is 21.5 Å². The van der Waals surface area contributed by atoms with Gasteiger partial charge in [-0.2, -0.15) is 13.2 Å². The molecular weight excluding hydrogens is 281 g/mol. The summed E-state index contributed by atoms with van der Waals surface area (Å²) in [6, 6.07) is 11.0. The van der Waals surface area contributed by atoms with Gasteiger partial charge in [0.05, 0.1) is 5.56 Å². The van der Waals surface area contributed by atoms with Crippen LogP contribution in [-0.2, 0) is 12.7 Å². The summed E-state index contributed by atoms with van der Waals surface area (Å²) in [5, 5.41) is 2.62. The molecule has 0 spiro atoms. The van der Waals surface area contributed by atoms with Crippen molar-refractivity contribution in [3.05, 3.63) is 65.2 Å². The van der Waals surface area contributed by atoms with Crippen LogP contribution in [0, 0.1) is 0 Å². The fourth-order valence-electron chi connectivity index (χ4n) is 1.79. The topological polar surface area (TPSA) is 55.1 Å². The van der Waals surface area contributed by atoms with E-state index in [-0.39, 0.29) is 5.56 Å². The minimum absolute atomic E-state index is 0.154. The highest BCUT2D eigenvalue weighted by atomic mass is 19.4. The Hall–Kier alpha value is -2.34. The normalized spacial score (nSPS) is 11.2. The van der Waals surface area contributed by atoms with E-state index in [1.807, 2.05) is 6.07 Å². The van der Waals surface area contributed by atoms with Gasteiger partial charge in [-0.05, 0) is 42.0 Å². The highest BCUT2D eigenvalue weighted by Crippen LogP contribution is 2.29. The van der Waals surface area contributed by atoms with Crippen molar-refractivity contribution in [2.45, 2.75) is 12.7 Å². The van der Waals surface area contributed by atoms with Crippen molar-refractivity contribution in [2.75, 3.05) is 5.32 Å². The third-order valence-corrected chi connectivity index (χ3v) is 2.89. The monoisotopic (exact) mass is 294 g/mol. The van der Waals surface area contributed by atoms with E-state index in [1.165, 1.54) is 0 Å². The lowest BCUT2D eigenvalue weighted by Gasteiger charge is -2.09. The van der Waals surface area contributed by atoms with Crippen LogP contribution in [0.2, 0.25) is 0 Å². The van der Waals surface area contributed by atoms with E-state index in [0.29, 0.717) is 12.2 Å². The first-order valence-corrected chi connectivity index (χ1v) is 6.18. The van der Waals surface area contributed by atoms with Crippen molar-refractivity contribution < 1.29 is 18.0 Å². The lowest BCUT2D eigenvalue weighted by atomic mass is 10.1. The van der Waals surface area contributed by atoms with Gasteiger partial charge in [0.2, 0.25) is 0 Å². The van der Waals surface area contributed by atoms with Crippen molar-refractivity contribution in [2.24, 2.45) is 5.73 Å². The first kappa shape index (κ1) is 15.1. The Morgan fingerprint density at radius 2 is 1.76 bits per heavy atom. The molecule has 0 aromatic heterocycles. The molecule has 3 N–H and O–H groups in total. The second-order valence-corrected chi connectivity index (χ2v) is 4.43. The van der Waals surface area contributed by atoms with E-state index in [2.05, 4.69) is 5.32 Å². The first-order chi connectivity index (χ1) is 9.90. The number of carbonyl (C=O) groups is 1. The predicted octanol–water partition coefficient (Wildman–Crippen LogP) is 3.42. The summed E-state index contributed by atoms with van der Waals surface area (Å²) in [5.41, 5.74) is 6.26. The molecule has 0 saturated heterocycles. The van der Waals surface area contributed by atoms with Crippen molar-refractivity contribution in [3.8, 4) is 0 Å². The largest absolute Gasteiger partial charge is 0.416 e. The molecule has 6 heteroatoms. The summed E-state index contributed by atoms with van der Waals surface area (Å²) >= 11 is 0. The van der Waals surface area contributed by atoms with E-state index in [1.54, 1.807) is 18.2 Å². The number of hydrogen-bond donors (Lipinski definition) is 2. The summed E-state index contributed by atoms with van der Waals surface area (Å²) in [6.45, 7) is 0.337. The molecule has 0 radical (unpaired) electrons. The average Bonchev–Trinajstić information content (AvgIpc) is 2.46. The van der Waals surface area contributed by atoms with Crippen molar-refractivity contribution in [3.63, 3.8) is 0 Å². The zero-order valence-electron chi connectivity index (χ0n) is 10.9. The Labute approximate surface area is 119 Å². The third kappa shape index (κ3) is 3.82. The van der Waals surface area contributed by atoms with Crippen LogP contribution in [0.25, 0.3) is 0 Å². The number of benzene rings is 2. The van der Waals surface area contributed by atoms with Gasteiger partial charge in [0.15, 0.2) is 0 Å². The van der Waals surface area contributed by atoms with Gasteiger partial charge >= 0.3 is 6.18 Å². The van der Waals surface area contributed by atoms with Crippen molar-refractivity contribution in [1.29, 1.82) is 0 Å². The number of hydrogen-bond acceptors (Lipinski definition) is 2. The zero-order chi connectivity index (χ0) is 15.5. The van der Waals surface area contributed by atoms with Crippen LogP contribution in [0.5, 0.6) is 0 Å². The Morgan fingerprint density at radius 3 is 2.33 bits per heavy atom. The summed E-state index contributed by atoms with van der Waals surface area (Å²) in [7, 11) is 0. The number of nitrogens with one attached hydrogen (secondary N) is 1. The van der Waals surface area contributed by atoms with Gasteiger partial charge in [0.1, 0.15) is 0 Å². The highest BCUT2D eigenvalue weighted by molar-refractivity contribution is 6.04. The van der Waals surface area contributed by atoms with Gasteiger partial charge in [0.25, 0.3) is 5.91 Å². The molecule has 0 aliphatic heterocycles. The molecule has 0 aliphatic carbocycles. The lowest BCUT2D eigenvalue weighted by molar-refractivity contribution is -0.137. The molecular formula is C15H13F3N2O. The molecule has 0 fully saturated rings. The van der Waals surface area contributed by atoms with Crippen LogP contribution < -0.4 is 11.1 Å². The second-order valence-electron chi connectivity index (χ2n) is 4.43. The Kier molecular flexibility index (Phi) is 4.28. The smallest absolute Gasteiger partial charge is 0.326 e. The quantitative estimate of drug-likeness (QED) is 0.911. The SMILES string of the molecule is NCc1cccc(NC(=O)c2ccc(C(F)(F)F)cc2)c1. The van der Waals surface area contributed by atoms with E-state index in [9.17, 15) is 18.0 Å².